The summed E-state index contributed by atoms with van der Waals surface area (Å²) in [6.45, 7) is 6.12. The summed E-state index contributed by atoms with van der Waals surface area (Å²) < 4.78 is 62.3. The number of esters is 1. The molecule has 1 atom stereocenters. The van der Waals surface area contributed by atoms with E-state index in [9.17, 15) is 37.1 Å². The second kappa shape index (κ2) is 21.3. The Morgan fingerprint density at radius 1 is 1.00 bits per heavy atom. The van der Waals surface area contributed by atoms with Crippen LogP contribution >= 0.6 is 0 Å². The zero-order valence-electron chi connectivity index (χ0n) is 30.8. The van der Waals surface area contributed by atoms with E-state index in [0.29, 0.717) is 18.1 Å². The van der Waals surface area contributed by atoms with Crippen molar-refractivity contribution >= 4 is 46.5 Å². The molecule has 0 saturated heterocycles. The molecular formula is C33H42F3N11O9. The van der Waals surface area contributed by atoms with Crippen molar-refractivity contribution in [2.24, 2.45) is 5.11 Å². The van der Waals surface area contributed by atoms with Crippen LogP contribution in [0.15, 0.2) is 40.4 Å². The van der Waals surface area contributed by atoms with E-state index < -0.39 is 53.6 Å². The average Bonchev–Trinajstić information content (AvgIpc) is 3.13. The molecule has 0 aliphatic carbocycles. The molecule has 3 rings (SSSR count). The van der Waals surface area contributed by atoms with E-state index in [0.717, 1.165) is 30.5 Å². The van der Waals surface area contributed by atoms with Crippen LogP contribution in [0.1, 0.15) is 49.7 Å². The van der Waals surface area contributed by atoms with Crippen LogP contribution in [0.5, 0.6) is 0 Å². The lowest BCUT2D eigenvalue weighted by Crippen LogP contribution is -2.45. The minimum atomic E-state index is -5.31. The van der Waals surface area contributed by atoms with E-state index in [1.165, 1.54) is 0 Å². The van der Waals surface area contributed by atoms with Crippen LogP contribution in [0.25, 0.3) is 21.6 Å². The average molecular weight is 794 g/mol. The highest BCUT2D eigenvalue weighted by molar-refractivity contribution is 5.99. The van der Waals surface area contributed by atoms with Crippen LogP contribution in [0, 0.1) is 0 Å². The molecule has 0 fully saturated rings. The fourth-order valence-electron chi connectivity index (χ4n) is 4.62. The number of hydrogen-bond donors (Lipinski definition) is 4. The molecule has 0 aliphatic heterocycles. The molecule has 304 valence electrons. The molecule has 1 aromatic carbocycles. The number of anilines is 2. The molecule has 20 nitrogen and oxygen atoms in total. The van der Waals surface area contributed by atoms with Gasteiger partial charge in [0, 0.05) is 35.7 Å². The molecule has 2 aromatic heterocycles. The second-order valence-corrected chi connectivity index (χ2v) is 12.7. The predicted molar refractivity (Wildman–Crippen MR) is 192 cm³/mol. The smallest absolute Gasteiger partial charge is 0.458 e. The van der Waals surface area contributed by atoms with Crippen molar-refractivity contribution in [2.75, 3.05) is 63.4 Å². The molecular weight excluding hydrogens is 751 g/mol. The highest BCUT2D eigenvalue weighted by atomic mass is 19.4. The van der Waals surface area contributed by atoms with Gasteiger partial charge in [0.05, 0.1) is 58.1 Å². The molecule has 0 bridgehead atoms. The Morgan fingerprint density at radius 3 is 2.27 bits per heavy atom. The number of nitrogen functional groups attached to an aromatic ring is 1. The maximum Gasteiger partial charge on any atom is 0.471 e. The molecule has 23 heteroatoms. The molecule has 3 aromatic rings. The predicted octanol–water partition coefficient (Wildman–Crippen LogP) is 2.09. The Kier molecular flexibility index (Phi) is 16.9. The summed E-state index contributed by atoms with van der Waals surface area (Å²) in [5.74, 6) is -4.59. The fraction of sp³-hybridized carbons (Fsp3) is 0.515. The molecule has 0 saturated carbocycles. The highest BCUT2D eigenvalue weighted by Crippen LogP contribution is 2.26. The van der Waals surface area contributed by atoms with Gasteiger partial charge in [-0.15, -0.1) is 0 Å². The number of nitrogens with zero attached hydrogens (tertiary/aromatic N) is 7. The molecule has 5 N–H and O–H groups in total. The highest BCUT2D eigenvalue weighted by Gasteiger charge is 2.43. The number of aromatic nitrogens is 4. The lowest BCUT2D eigenvalue weighted by Gasteiger charge is -2.25. The number of fused-ring (bicyclic) bond motifs is 1. The van der Waals surface area contributed by atoms with Crippen LogP contribution in [0.3, 0.4) is 0 Å². The van der Waals surface area contributed by atoms with Gasteiger partial charge in [-0.25, -0.2) is 14.8 Å². The first-order valence-electron chi connectivity index (χ1n) is 17.0. The summed E-state index contributed by atoms with van der Waals surface area (Å²) in [6.07, 6.45) is -4.62. The van der Waals surface area contributed by atoms with E-state index >= 15 is 0 Å². The van der Waals surface area contributed by atoms with Gasteiger partial charge >= 0.3 is 18.1 Å². The number of halogens is 3. The summed E-state index contributed by atoms with van der Waals surface area (Å²) in [6, 6.07) is 3.15. The van der Waals surface area contributed by atoms with Gasteiger partial charge in [-0.3, -0.25) is 29.1 Å². The first-order valence-corrected chi connectivity index (χ1v) is 17.0. The van der Waals surface area contributed by atoms with E-state index in [-0.39, 0.29) is 86.4 Å². The van der Waals surface area contributed by atoms with Crippen LogP contribution < -0.4 is 26.8 Å². The second-order valence-electron chi connectivity index (χ2n) is 12.7. The zero-order valence-corrected chi connectivity index (χ0v) is 30.8. The first kappa shape index (κ1) is 44.5. The third-order valence-electron chi connectivity index (χ3n) is 7.10. The minimum Gasteiger partial charge on any atom is -0.458 e. The lowest BCUT2D eigenvalue weighted by atomic mass is 10.1. The third kappa shape index (κ3) is 15.1. The number of nitrogens with one attached hydrogen (secondary N) is 3. The standard InChI is InChI=1S/C33H42F3N11O9/c1-32(2,3)56-29(51)23(8-9-24(48)39-10-12-53-14-16-55-17-15-54-13-11-41-46-38)43-27(49)20-4-6-22(7-5-20)47(30(52)33(34,35)36)19-21-18-40-26-25(42-21)28(50)45-31(37)44-26/h4-7,18,23H,8-17,19H2,1-3H3,(H,39,48)(H,43,49)(H3,37,40,44,45,50)/t23-/m0/s1. The number of aromatic amines is 1. The number of alkyl halides is 3. The Morgan fingerprint density at radius 2 is 1.64 bits per heavy atom. The van der Waals surface area contributed by atoms with Crippen molar-refractivity contribution < 1.29 is 51.3 Å². The Balaban J connectivity index is 1.59. The number of amides is 3. The molecule has 0 spiro atoms. The van der Waals surface area contributed by atoms with Gasteiger partial charge < -0.3 is 35.3 Å². The largest absolute Gasteiger partial charge is 0.471 e. The normalized spacial score (nSPS) is 12.0. The fourth-order valence-corrected chi connectivity index (χ4v) is 4.62. The lowest BCUT2D eigenvalue weighted by molar-refractivity contribution is -0.170. The summed E-state index contributed by atoms with van der Waals surface area (Å²) in [7, 11) is 0. The van der Waals surface area contributed by atoms with Crippen LogP contribution in [0.2, 0.25) is 0 Å². The van der Waals surface area contributed by atoms with Gasteiger partial charge in [-0.05, 0) is 57.0 Å². The number of nitrogens with two attached hydrogens (primary N) is 1. The Hall–Kier alpha value is -5.90. The van der Waals surface area contributed by atoms with Gasteiger partial charge in [0.2, 0.25) is 11.9 Å². The Bertz CT molecular complexity index is 1920. The number of benzene rings is 1. The first-order chi connectivity index (χ1) is 26.5. The molecule has 3 amide bonds. The number of rotatable bonds is 21. The van der Waals surface area contributed by atoms with Gasteiger partial charge in [0.1, 0.15) is 11.6 Å². The van der Waals surface area contributed by atoms with E-state index in [4.69, 9.17) is 30.2 Å². The SMILES string of the molecule is CC(C)(C)OC(=O)[C@H](CCC(=O)NCCOCCOCCOCCN=[N+]=[N-])NC(=O)c1ccc(N(Cc2cnc3nc(N)[nH]c(=O)c3n2)C(=O)C(F)(F)F)cc1. The number of carbonyl (C=O) groups excluding carboxylic acids is 4. The monoisotopic (exact) mass is 793 g/mol. The summed E-state index contributed by atoms with van der Waals surface area (Å²) in [4.78, 5) is 80.4. The number of carbonyl (C=O) groups is 4. The topological polar surface area (TPSA) is 279 Å². The van der Waals surface area contributed by atoms with Crippen molar-refractivity contribution in [1.82, 2.24) is 30.6 Å². The Labute approximate surface area is 317 Å². The molecule has 56 heavy (non-hydrogen) atoms. The molecule has 0 unspecified atom stereocenters. The van der Waals surface area contributed by atoms with Crippen molar-refractivity contribution in [2.45, 2.75) is 58.0 Å². The summed E-state index contributed by atoms with van der Waals surface area (Å²) in [5, 5.41) is 8.49. The van der Waals surface area contributed by atoms with Crippen molar-refractivity contribution in [1.29, 1.82) is 0 Å². The van der Waals surface area contributed by atoms with E-state index in [1.54, 1.807) is 20.8 Å². The van der Waals surface area contributed by atoms with E-state index in [1.807, 2.05) is 0 Å². The molecule has 0 aliphatic rings. The number of hydrogen-bond acceptors (Lipinski definition) is 14. The van der Waals surface area contributed by atoms with Crippen molar-refractivity contribution in [3.8, 4) is 0 Å². The minimum absolute atomic E-state index is 0.0918. The summed E-state index contributed by atoms with van der Waals surface area (Å²) in [5.41, 5.74) is 10.9. The number of ether oxygens (including phenoxy) is 4. The molecule has 2 heterocycles. The van der Waals surface area contributed by atoms with E-state index in [2.05, 4.69) is 40.6 Å². The van der Waals surface area contributed by atoms with Crippen molar-refractivity contribution in [3.05, 3.63) is 62.5 Å². The third-order valence-corrected chi connectivity index (χ3v) is 7.10. The van der Waals surface area contributed by atoms with Crippen LogP contribution in [0.4, 0.5) is 24.8 Å². The maximum absolute atomic E-state index is 13.7. The number of azide groups is 1. The quantitative estimate of drug-likeness (QED) is 0.0396. The van der Waals surface area contributed by atoms with Gasteiger partial charge in [-0.1, -0.05) is 5.11 Å². The van der Waals surface area contributed by atoms with Crippen molar-refractivity contribution in [3.63, 3.8) is 0 Å². The van der Waals surface area contributed by atoms with Crippen LogP contribution in [-0.4, -0.2) is 114 Å². The molecule has 0 radical (unpaired) electrons. The summed E-state index contributed by atoms with van der Waals surface area (Å²) >= 11 is 0. The zero-order chi connectivity index (χ0) is 41.3. The maximum atomic E-state index is 13.7. The number of H-pyrrole nitrogens is 1. The van der Waals surface area contributed by atoms with Gasteiger partial charge in [0.25, 0.3) is 11.5 Å². The van der Waals surface area contributed by atoms with Crippen LogP contribution in [-0.2, 0) is 39.9 Å². The van der Waals surface area contributed by atoms with Gasteiger partial charge in [0.15, 0.2) is 11.2 Å². The van der Waals surface area contributed by atoms with Gasteiger partial charge in [-0.2, -0.15) is 18.2 Å².